The highest BCUT2D eigenvalue weighted by atomic mass is 16.5. The number of para-hydroxylation sites is 2. The fourth-order valence-electron chi connectivity index (χ4n) is 3.86. The number of benzene rings is 2. The predicted molar refractivity (Wildman–Crippen MR) is 118 cm³/mol. The Hall–Kier alpha value is -3.32. The third-order valence-corrected chi connectivity index (χ3v) is 5.39. The molecule has 0 aliphatic carbocycles. The lowest BCUT2D eigenvalue weighted by atomic mass is 10.1. The number of amides is 1. The van der Waals surface area contributed by atoms with E-state index < -0.39 is 0 Å². The number of aryl methyl sites for hydroxylation is 1. The van der Waals surface area contributed by atoms with E-state index in [9.17, 15) is 4.79 Å². The molecule has 0 fully saturated rings. The zero-order valence-corrected chi connectivity index (χ0v) is 17.7. The lowest BCUT2D eigenvalue weighted by molar-refractivity contribution is -0.122. The summed E-state index contributed by atoms with van der Waals surface area (Å²) in [6.45, 7) is 3.03. The molecule has 1 aliphatic heterocycles. The summed E-state index contributed by atoms with van der Waals surface area (Å²) in [4.78, 5) is 18.8. The molecule has 0 saturated heterocycles. The van der Waals surface area contributed by atoms with E-state index in [1.165, 1.54) is 0 Å². The first-order chi connectivity index (χ1) is 15.2. The van der Waals surface area contributed by atoms with Crippen LogP contribution in [0.5, 0.6) is 11.5 Å². The molecule has 162 valence electrons. The van der Waals surface area contributed by atoms with Crippen molar-refractivity contribution in [1.29, 1.82) is 0 Å². The fourth-order valence-corrected chi connectivity index (χ4v) is 3.86. The molecule has 1 N–H and O–H groups in total. The zero-order valence-electron chi connectivity index (χ0n) is 17.7. The summed E-state index contributed by atoms with van der Waals surface area (Å²) in [7, 11) is 1.67. The zero-order chi connectivity index (χ0) is 21.5. The molecule has 0 bridgehead atoms. The van der Waals surface area contributed by atoms with E-state index in [2.05, 4.69) is 21.3 Å². The van der Waals surface area contributed by atoms with Crippen LogP contribution in [0.1, 0.15) is 23.7 Å². The van der Waals surface area contributed by atoms with Crippen LogP contribution in [0.2, 0.25) is 0 Å². The Morgan fingerprint density at radius 2 is 2.06 bits per heavy atom. The largest absolute Gasteiger partial charge is 0.496 e. The summed E-state index contributed by atoms with van der Waals surface area (Å²) in [6, 6.07) is 15.9. The Balaban J connectivity index is 1.42. The van der Waals surface area contributed by atoms with Crippen molar-refractivity contribution in [2.45, 2.75) is 25.6 Å². The van der Waals surface area contributed by atoms with E-state index in [0.717, 1.165) is 35.6 Å². The number of imidazole rings is 1. The van der Waals surface area contributed by atoms with Gasteiger partial charge < -0.3 is 19.4 Å². The number of rotatable bonds is 8. The van der Waals surface area contributed by atoms with E-state index in [-0.39, 0.29) is 12.0 Å². The lowest BCUT2D eigenvalue weighted by Gasteiger charge is -2.24. The van der Waals surface area contributed by atoms with Crippen molar-refractivity contribution in [1.82, 2.24) is 19.8 Å². The van der Waals surface area contributed by atoms with Gasteiger partial charge in [0.25, 0.3) is 0 Å². The molecule has 1 atom stereocenters. The van der Waals surface area contributed by atoms with Crippen molar-refractivity contribution in [3.05, 3.63) is 78.4 Å². The second kappa shape index (κ2) is 10.1. The Bertz CT molecular complexity index is 990. The molecule has 0 saturated carbocycles. The van der Waals surface area contributed by atoms with E-state index in [1.807, 2.05) is 53.2 Å². The monoisotopic (exact) mass is 420 g/mol. The lowest BCUT2D eigenvalue weighted by Crippen LogP contribution is -2.39. The Labute approximate surface area is 182 Å². The number of carbonyl (C=O) groups excluding carboxylic acids is 1. The van der Waals surface area contributed by atoms with Gasteiger partial charge in [-0.1, -0.05) is 36.4 Å². The Morgan fingerprint density at radius 1 is 1.23 bits per heavy atom. The van der Waals surface area contributed by atoms with E-state index in [4.69, 9.17) is 9.47 Å². The highest BCUT2D eigenvalue weighted by Crippen LogP contribution is 2.34. The van der Waals surface area contributed by atoms with Gasteiger partial charge >= 0.3 is 0 Å². The van der Waals surface area contributed by atoms with Gasteiger partial charge in [0.15, 0.2) is 0 Å². The van der Waals surface area contributed by atoms with Crippen LogP contribution in [-0.4, -0.2) is 47.1 Å². The van der Waals surface area contributed by atoms with Gasteiger partial charge in [-0.2, -0.15) is 0 Å². The molecule has 7 heteroatoms. The van der Waals surface area contributed by atoms with E-state index >= 15 is 0 Å². The van der Waals surface area contributed by atoms with Gasteiger partial charge in [-0.3, -0.25) is 9.69 Å². The fraction of sp³-hybridized carbons (Fsp3) is 0.333. The minimum Gasteiger partial charge on any atom is -0.496 e. The van der Waals surface area contributed by atoms with E-state index in [0.29, 0.717) is 26.2 Å². The van der Waals surface area contributed by atoms with Crippen molar-refractivity contribution in [3.8, 4) is 11.5 Å². The van der Waals surface area contributed by atoms with Crippen LogP contribution in [0.3, 0.4) is 0 Å². The number of aromatic nitrogens is 2. The molecule has 1 aliphatic rings. The first-order valence-electron chi connectivity index (χ1n) is 10.5. The van der Waals surface area contributed by atoms with Crippen LogP contribution in [0.4, 0.5) is 0 Å². The molecule has 0 spiro atoms. The molecule has 2 aromatic carbocycles. The van der Waals surface area contributed by atoms with Crippen molar-refractivity contribution in [2.75, 3.05) is 26.7 Å². The highest BCUT2D eigenvalue weighted by molar-refractivity contribution is 5.78. The number of fused-ring (bicyclic) bond motifs is 1. The van der Waals surface area contributed by atoms with Gasteiger partial charge in [0, 0.05) is 49.7 Å². The minimum atomic E-state index is -0.228. The summed E-state index contributed by atoms with van der Waals surface area (Å²) < 4.78 is 13.9. The van der Waals surface area contributed by atoms with Crippen molar-refractivity contribution >= 4 is 5.91 Å². The van der Waals surface area contributed by atoms with Crippen LogP contribution in [0, 0.1) is 0 Å². The first-order valence-corrected chi connectivity index (χ1v) is 10.5. The topological polar surface area (TPSA) is 68.6 Å². The number of nitrogens with zero attached hydrogens (tertiary/aromatic N) is 3. The van der Waals surface area contributed by atoms with Crippen LogP contribution >= 0.6 is 0 Å². The predicted octanol–water partition coefficient (Wildman–Crippen LogP) is 3.03. The van der Waals surface area contributed by atoms with Gasteiger partial charge in [-0.25, -0.2) is 4.98 Å². The minimum absolute atomic E-state index is 0.0174. The van der Waals surface area contributed by atoms with Crippen molar-refractivity contribution in [3.63, 3.8) is 0 Å². The van der Waals surface area contributed by atoms with Gasteiger partial charge in [0.1, 0.15) is 17.6 Å². The number of hydrogen-bond acceptors (Lipinski definition) is 5. The van der Waals surface area contributed by atoms with Crippen LogP contribution in [0.15, 0.2) is 67.3 Å². The average molecular weight is 421 g/mol. The average Bonchev–Trinajstić information content (AvgIpc) is 3.24. The van der Waals surface area contributed by atoms with Crippen LogP contribution in [0.25, 0.3) is 0 Å². The number of hydrogen-bond donors (Lipinski definition) is 1. The molecular weight excluding hydrogens is 392 g/mol. The second-order valence-electron chi connectivity index (χ2n) is 7.63. The molecular formula is C24H28N4O3. The molecule has 31 heavy (non-hydrogen) atoms. The summed E-state index contributed by atoms with van der Waals surface area (Å²) >= 11 is 0. The molecule has 0 radical (unpaired) electrons. The molecule has 1 aromatic heterocycles. The number of ether oxygens (including phenoxy) is 2. The molecule has 0 unspecified atom stereocenters. The molecule has 2 heterocycles. The number of carbonyl (C=O) groups is 1. The van der Waals surface area contributed by atoms with Gasteiger partial charge in [-0.05, 0) is 18.6 Å². The molecule has 7 nitrogen and oxygen atoms in total. The quantitative estimate of drug-likeness (QED) is 0.568. The summed E-state index contributed by atoms with van der Waals surface area (Å²) in [5.74, 6) is 1.65. The van der Waals surface area contributed by atoms with Gasteiger partial charge in [-0.15, -0.1) is 0 Å². The molecule has 1 amide bonds. The molecule has 3 aromatic rings. The van der Waals surface area contributed by atoms with Gasteiger partial charge in [0.2, 0.25) is 5.91 Å². The van der Waals surface area contributed by atoms with Crippen molar-refractivity contribution in [2.24, 2.45) is 0 Å². The van der Waals surface area contributed by atoms with Crippen LogP contribution < -0.4 is 14.8 Å². The maximum absolute atomic E-state index is 12.6. The summed E-state index contributed by atoms with van der Waals surface area (Å²) in [6.07, 6.45) is 6.10. The third-order valence-electron chi connectivity index (χ3n) is 5.39. The summed E-state index contributed by atoms with van der Waals surface area (Å²) in [5.41, 5.74) is 2.06. The Morgan fingerprint density at radius 3 is 2.90 bits per heavy atom. The standard InChI is InChI=1S/C24H28N4O3/c1-30-22-10-5-3-8-20(22)23-16-28(15-19-7-2-4-9-21(19)31-23)17-24(29)26-11-6-13-27-14-12-25-18-27/h2-5,7-10,12,14,18,23H,6,11,13,15-17H2,1H3,(H,26,29)/t23-/m0/s1. The maximum Gasteiger partial charge on any atom is 0.234 e. The highest BCUT2D eigenvalue weighted by Gasteiger charge is 2.27. The smallest absolute Gasteiger partial charge is 0.234 e. The number of nitrogens with one attached hydrogen (secondary N) is 1. The first kappa shape index (κ1) is 20.9. The summed E-state index contributed by atoms with van der Waals surface area (Å²) in [5, 5.41) is 3.03. The van der Waals surface area contributed by atoms with Gasteiger partial charge in [0.05, 0.1) is 20.0 Å². The second-order valence-corrected chi connectivity index (χ2v) is 7.63. The Kier molecular flexibility index (Phi) is 6.84. The van der Waals surface area contributed by atoms with Crippen molar-refractivity contribution < 1.29 is 14.3 Å². The number of methoxy groups -OCH3 is 1. The maximum atomic E-state index is 12.6. The SMILES string of the molecule is COc1ccccc1[C@@H]1CN(CC(=O)NCCCn2ccnc2)Cc2ccccc2O1. The van der Waals surface area contributed by atoms with Crippen LogP contribution in [-0.2, 0) is 17.9 Å². The normalized spacial score (nSPS) is 16.1. The third kappa shape index (κ3) is 5.44. The van der Waals surface area contributed by atoms with E-state index in [1.54, 1.807) is 19.6 Å². The molecule has 4 rings (SSSR count).